The molecule has 0 aliphatic carbocycles. The van der Waals surface area contributed by atoms with Gasteiger partial charge in [0, 0.05) is 28.9 Å². The summed E-state index contributed by atoms with van der Waals surface area (Å²) >= 11 is 7.57. The van der Waals surface area contributed by atoms with Crippen LogP contribution in [0.1, 0.15) is 19.8 Å². The SMILES string of the molecule is CNC(C)CNC(=O)CCCSc1ccc(Cl)cc1.Cl. The molecule has 1 unspecified atom stereocenters. The molecule has 3 nitrogen and oxygen atoms in total. The molecule has 0 aliphatic heterocycles. The van der Waals surface area contributed by atoms with E-state index in [1.807, 2.05) is 38.2 Å². The molecule has 114 valence electrons. The lowest BCUT2D eigenvalue weighted by atomic mass is 10.3. The van der Waals surface area contributed by atoms with Crippen molar-refractivity contribution < 1.29 is 4.79 Å². The third-order valence-electron chi connectivity index (χ3n) is 2.73. The van der Waals surface area contributed by atoms with Gasteiger partial charge in [0.05, 0.1) is 0 Å². The number of carbonyl (C=O) groups is 1. The largest absolute Gasteiger partial charge is 0.355 e. The zero-order valence-electron chi connectivity index (χ0n) is 11.8. The maximum absolute atomic E-state index is 11.6. The molecule has 0 spiro atoms. The van der Waals surface area contributed by atoms with E-state index in [1.54, 1.807) is 11.8 Å². The number of halogens is 2. The summed E-state index contributed by atoms with van der Waals surface area (Å²) in [5.41, 5.74) is 0. The molecule has 2 N–H and O–H groups in total. The van der Waals surface area contributed by atoms with Gasteiger partial charge in [-0.15, -0.1) is 24.2 Å². The quantitative estimate of drug-likeness (QED) is 0.565. The van der Waals surface area contributed by atoms with Gasteiger partial charge in [0.2, 0.25) is 5.91 Å². The van der Waals surface area contributed by atoms with Crippen LogP contribution in [-0.2, 0) is 4.79 Å². The van der Waals surface area contributed by atoms with Gasteiger partial charge in [-0.05, 0) is 50.4 Å². The van der Waals surface area contributed by atoms with E-state index < -0.39 is 0 Å². The minimum Gasteiger partial charge on any atom is -0.355 e. The second-order valence-corrected chi connectivity index (χ2v) is 6.00. The van der Waals surface area contributed by atoms with Crippen molar-refractivity contribution in [3.63, 3.8) is 0 Å². The van der Waals surface area contributed by atoms with Crippen molar-refractivity contribution in [1.82, 2.24) is 10.6 Å². The van der Waals surface area contributed by atoms with Gasteiger partial charge in [-0.1, -0.05) is 11.6 Å². The molecule has 6 heteroatoms. The fourth-order valence-corrected chi connectivity index (χ4v) is 2.39. The van der Waals surface area contributed by atoms with Crippen LogP contribution in [0, 0.1) is 0 Å². The average molecular weight is 337 g/mol. The number of hydrogen-bond acceptors (Lipinski definition) is 3. The van der Waals surface area contributed by atoms with Crippen LogP contribution in [0.4, 0.5) is 0 Å². The van der Waals surface area contributed by atoms with Gasteiger partial charge >= 0.3 is 0 Å². The number of benzene rings is 1. The number of thioether (sulfide) groups is 1. The minimum absolute atomic E-state index is 0. The van der Waals surface area contributed by atoms with Crippen molar-refractivity contribution >= 4 is 41.7 Å². The van der Waals surface area contributed by atoms with Gasteiger partial charge in [-0.2, -0.15) is 0 Å². The number of amides is 1. The molecule has 1 amide bonds. The Morgan fingerprint density at radius 1 is 1.35 bits per heavy atom. The van der Waals surface area contributed by atoms with Crippen LogP contribution < -0.4 is 10.6 Å². The van der Waals surface area contributed by atoms with Gasteiger partial charge in [-0.25, -0.2) is 0 Å². The Hall–Kier alpha value is -0.420. The summed E-state index contributed by atoms with van der Waals surface area (Å²) < 4.78 is 0. The number of likely N-dealkylation sites (N-methyl/N-ethyl adjacent to an activating group) is 1. The molecule has 0 saturated heterocycles. The molecule has 1 rings (SSSR count). The zero-order valence-corrected chi connectivity index (χ0v) is 14.2. The Kier molecular flexibility index (Phi) is 11.0. The van der Waals surface area contributed by atoms with E-state index in [4.69, 9.17) is 11.6 Å². The topological polar surface area (TPSA) is 41.1 Å². The third kappa shape index (κ3) is 8.69. The monoisotopic (exact) mass is 336 g/mol. The summed E-state index contributed by atoms with van der Waals surface area (Å²) in [4.78, 5) is 12.7. The van der Waals surface area contributed by atoms with E-state index in [-0.39, 0.29) is 18.3 Å². The predicted molar refractivity (Wildman–Crippen MR) is 90.2 cm³/mol. The highest BCUT2D eigenvalue weighted by molar-refractivity contribution is 7.99. The summed E-state index contributed by atoms with van der Waals surface area (Å²) in [5.74, 6) is 1.06. The highest BCUT2D eigenvalue weighted by atomic mass is 35.5. The normalized spacial score (nSPS) is 11.6. The maximum atomic E-state index is 11.6. The van der Waals surface area contributed by atoms with Crippen molar-refractivity contribution in [1.29, 1.82) is 0 Å². The first-order valence-corrected chi connectivity index (χ1v) is 7.80. The summed E-state index contributed by atoms with van der Waals surface area (Å²) in [6.07, 6.45) is 1.46. The molecular weight excluding hydrogens is 315 g/mol. The van der Waals surface area contributed by atoms with Gasteiger partial charge in [0.1, 0.15) is 0 Å². The van der Waals surface area contributed by atoms with Crippen LogP contribution >= 0.6 is 35.8 Å². The number of hydrogen-bond donors (Lipinski definition) is 2. The summed E-state index contributed by atoms with van der Waals surface area (Å²) in [5, 5.41) is 6.75. The van der Waals surface area contributed by atoms with Crippen molar-refractivity contribution in [2.75, 3.05) is 19.3 Å². The average Bonchev–Trinajstić information content (AvgIpc) is 2.42. The van der Waals surface area contributed by atoms with Crippen LogP contribution in [0.25, 0.3) is 0 Å². The Morgan fingerprint density at radius 3 is 2.60 bits per heavy atom. The molecule has 1 aromatic rings. The highest BCUT2D eigenvalue weighted by Crippen LogP contribution is 2.21. The lowest BCUT2D eigenvalue weighted by Gasteiger charge is -2.11. The van der Waals surface area contributed by atoms with E-state index in [0.717, 1.165) is 17.2 Å². The van der Waals surface area contributed by atoms with Crippen LogP contribution in [-0.4, -0.2) is 31.3 Å². The summed E-state index contributed by atoms with van der Waals surface area (Å²) in [7, 11) is 1.89. The number of carbonyl (C=O) groups excluding carboxylic acids is 1. The van der Waals surface area contributed by atoms with Crippen molar-refractivity contribution in [2.24, 2.45) is 0 Å². The van der Waals surface area contributed by atoms with E-state index >= 15 is 0 Å². The molecule has 0 saturated carbocycles. The van der Waals surface area contributed by atoms with Crippen LogP contribution in [0.2, 0.25) is 5.02 Å². The molecule has 0 heterocycles. The Bertz CT molecular complexity index is 387. The van der Waals surface area contributed by atoms with Gasteiger partial charge in [-0.3, -0.25) is 4.79 Å². The maximum Gasteiger partial charge on any atom is 0.220 e. The van der Waals surface area contributed by atoms with Gasteiger partial charge in [0.15, 0.2) is 0 Å². The molecule has 0 aromatic heterocycles. The van der Waals surface area contributed by atoms with E-state index in [0.29, 0.717) is 19.0 Å². The van der Waals surface area contributed by atoms with E-state index in [1.165, 1.54) is 4.90 Å². The lowest BCUT2D eigenvalue weighted by molar-refractivity contribution is -0.121. The molecule has 1 aromatic carbocycles. The standard InChI is InChI=1S/C14H21ClN2OS.ClH/c1-11(16-2)10-17-14(18)4-3-9-19-13-7-5-12(15)6-8-13;/h5-8,11,16H,3-4,9-10H2,1-2H3,(H,17,18);1H. The van der Waals surface area contributed by atoms with Gasteiger partial charge < -0.3 is 10.6 Å². The van der Waals surface area contributed by atoms with Crippen molar-refractivity contribution in [3.8, 4) is 0 Å². The second kappa shape index (κ2) is 11.3. The predicted octanol–water partition coefficient (Wildman–Crippen LogP) is 3.36. The summed E-state index contributed by atoms with van der Waals surface area (Å²) in [6.45, 7) is 2.72. The molecule has 1 atom stereocenters. The Labute approximate surface area is 136 Å². The number of rotatable bonds is 8. The fourth-order valence-electron chi connectivity index (χ4n) is 1.41. The molecule has 0 aliphatic rings. The van der Waals surface area contributed by atoms with E-state index in [2.05, 4.69) is 10.6 Å². The number of nitrogens with one attached hydrogen (secondary N) is 2. The zero-order chi connectivity index (χ0) is 14.1. The third-order valence-corrected chi connectivity index (χ3v) is 4.08. The molecule has 0 bridgehead atoms. The lowest BCUT2D eigenvalue weighted by Crippen LogP contribution is -2.37. The Balaban J connectivity index is 0.00000361. The van der Waals surface area contributed by atoms with Crippen LogP contribution in [0.5, 0.6) is 0 Å². The smallest absolute Gasteiger partial charge is 0.220 e. The molecule has 0 radical (unpaired) electrons. The minimum atomic E-state index is 0. The first-order valence-electron chi connectivity index (χ1n) is 6.44. The first-order chi connectivity index (χ1) is 9.11. The van der Waals surface area contributed by atoms with E-state index in [9.17, 15) is 4.79 Å². The Morgan fingerprint density at radius 2 is 2.00 bits per heavy atom. The van der Waals surface area contributed by atoms with Crippen molar-refractivity contribution in [2.45, 2.75) is 30.7 Å². The molecule has 20 heavy (non-hydrogen) atoms. The second-order valence-electron chi connectivity index (χ2n) is 4.40. The molecular formula is C14H22Cl2N2OS. The summed E-state index contributed by atoms with van der Waals surface area (Å²) in [6, 6.07) is 8.09. The van der Waals surface area contributed by atoms with Gasteiger partial charge in [0.25, 0.3) is 0 Å². The molecule has 0 fully saturated rings. The van der Waals surface area contributed by atoms with Crippen molar-refractivity contribution in [3.05, 3.63) is 29.3 Å². The van der Waals surface area contributed by atoms with Crippen LogP contribution in [0.15, 0.2) is 29.2 Å². The van der Waals surface area contributed by atoms with Crippen LogP contribution in [0.3, 0.4) is 0 Å². The fraction of sp³-hybridized carbons (Fsp3) is 0.500. The highest BCUT2D eigenvalue weighted by Gasteiger charge is 2.03. The first kappa shape index (κ1) is 19.6.